The van der Waals surface area contributed by atoms with Crippen LogP contribution >= 0.6 is 11.3 Å². The van der Waals surface area contributed by atoms with Gasteiger partial charge >= 0.3 is 0 Å². The number of H-pyrrole nitrogens is 1. The number of hydrogen-bond acceptors (Lipinski definition) is 5. The van der Waals surface area contributed by atoms with E-state index in [2.05, 4.69) is 65.0 Å². The highest BCUT2D eigenvalue weighted by Gasteiger charge is 2.18. The summed E-state index contributed by atoms with van der Waals surface area (Å²) in [4.78, 5) is 27.3. The van der Waals surface area contributed by atoms with E-state index >= 15 is 0 Å². The van der Waals surface area contributed by atoms with Crippen molar-refractivity contribution in [3.05, 3.63) is 68.6 Å². The maximum atomic E-state index is 12.6. The minimum atomic E-state index is 0.0101. The molecule has 0 unspecified atom stereocenters. The number of hydrogen-bond donors (Lipinski definition) is 1. The molecule has 1 aliphatic heterocycles. The SMILES string of the molecule is CCc1c(C)sc2nc(CN3CCN(C/C=C/c4ccccc4)CC3)[nH]c(=O)c12. The Labute approximate surface area is 175 Å². The summed E-state index contributed by atoms with van der Waals surface area (Å²) >= 11 is 1.64. The van der Waals surface area contributed by atoms with E-state index in [1.54, 1.807) is 11.3 Å². The first-order valence-electron chi connectivity index (χ1n) is 10.3. The van der Waals surface area contributed by atoms with Gasteiger partial charge in [0.1, 0.15) is 10.7 Å². The van der Waals surface area contributed by atoms with Gasteiger partial charge in [-0.15, -0.1) is 11.3 Å². The third-order valence-corrected chi connectivity index (χ3v) is 6.62. The van der Waals surface area contributed by atoms with Crippen LogP contribution in [0.15, 0.2) is 41.2 Å². The Bertz CT molecular complexity index is 1050. The number of aromatic nitrogens is 2. The Morgan fingerprint density at radius 3 is 2.59 bits per heavy atom. The van der Waals surface area contributed by atoms with Gasteiger partial charge in [-0.1, -0.05) is 49.4 Å². The maximum absolute atomic E-state index is 12.6. The van der Waals surface area contributed by atoms with Crippen molar-refractivity contribution in [1.29, 1.82) is 0 Å². The largest absolute Gasteiger partial charge is 0.309 e. The van der Waals surface area contributed by atoms with E-state index in [9.17, 15) is 4.79 Å². The number of benzene rings is 1. The third-order valence-electron chi connectivity index (χ3n) is 5.58. The van der Waals surface area contributed by atoms with Crippen LogP contribution in [0.25, 0.3) is 16.3 Å². The van der Waals surface area contributed by atoms with Gasteiger partial charge in [-0.25, -0.2) is 4.98 Å². The van der Waals surface area contributed by atoms with E-state index in [-0.39, 0.29) is 5.56 Å². The molecular weight excluding hydrogens is 380 g/mol. The second-order valence-corrected chi connectivity index (χ2v) is 8.78. The molecule has 0 saturated carbocycles. The van der Waals surface area contributed by atoms with Crippen molar-refractivity contribution in [3.63, 3.8) is 0 Å². The second-order valence-electron chi connectivity index (χ2n) is 7.57. The summed E-state index contributed by atoms with van der Waals surface area (Å²) in [6, 6.07) is 10.4. The van der Waals surface area contributed by atoms with Gasteiger partial charge < -0.3 is 4.98 Å². The maximum Gasteiger partial charge on any atom is 0.259 e. The van der Waals surface area contributed by atoms with Gasteiger partial charge in [-0.3, -0.25) is 14.6 Å². The molecule has 1 aliphatic rings. The molecule has 1 aromatic carbocycles. The Hall–Kier alpha value is -2.28. The number of piperazine rings is 1. The zero-order valence-corrected chi connectivity index (χ0v) is 18.0. The quantitative estimate of drug-likeness (QED) is 0.676. The zero-order chi connectivity index (χ0) is 20.2. The Morgan fingerprint density at radius 2 is 1.86 bits per heavy atom. The van der Waals surface area contributed by atoms with Crippen LogP contribution in [-0.2, 0) is 13.0 Å². The van der Waals surface area contributed by atoms with Gasteiger partial charge in [-0.2, -0.15) is 0 Å². The molecule has 3 aromatic rings. The number of aryl methyl sites for hydroxylation is 2. The topological polar surface area (TPSA) is 52.2 Å². The molecule has 0 amide bonds. The Balaban J connectivity index is 1.34. The molecule has 29 heavy (non-hydrogen) atoms. The molecule has 0 radical (unpaired) electrons. The minimum Gasteiger partial charge on any atom is -0.309 e. The fourth-order valence-corrected chi connectivity index (χ4v) is 5.10. The number of nitrogens with one attached hydrogen (secondary N) is 1. The number of nitrogens with zero attached hydrogens (tertiary/aromatic N) is 3. The molecule has 6 heteroatoms. The molecule has 0 atom stereocenters. The van der Waals surface area contributed by atoms with E-state index < -0.39 is 0 Å². The monoisotopic (exact) mass is 408 g/mol. The van der Waals surface area contributed by atoms with Crippen LogP contribution in [0, 0.1) is 6.92 Å². The molecule has 0 aliphatic carbocycles. The van der Waals surface area contributed by atoms with Crippen molar-refractivity contribution < 1.29 is 0 Å². The van der Waals surface area contributed by atoms with Gasteiger partial charge in [0, 0.05) is 37.6 Å². The zero-order valence-electron chi connectivity index (χ0n) is 17.1. The predicted molar refractivity (Wildman–Crippen MR) is 122 cm³/mol. The van der Waals surface area contributed by atoms with Crippen LogP contribution in [0.3, 0.4) is 0 Å². The third kappa shape index (κ3) is 4.66. The van der Waals surface area contributed by atoms with Crippen molar-refractivity contribution in [2.24, 2.45) is 0 Å². The van der Waals surface area contributed by atoms with Crippen LogP contribution in [0.1, 0.15) is 28.8 Å². The van der Waals surface area contributed by atoms with E-state index in [1.165, 1.54) is 10.4 Å². The summed E-state index contributed by atoms with van der Waals surface area (Å²) in [5, 5.41) is 0.786. The fourth-order valence-electron chi connectivity index (χ4n) is 3.96. The summed E-state index contributed by atoms with van der Waals surface area (Å²) < 4.78 is 0. The van der Waals surface area contributed by atoms with Gasteiger partial charge in [-0.05, 0) is 24.5 Å². The van der Waals surface area contributed by atoms with Crippen molar-refractivity contribution in [3.8, 4) is 0 Å². The predicted octanol–water partition coefficient (Wildman–Crippen LogP) is 3.69. The highest BCUT2D eigenvalue weighted by molar-refractivity contribution is 7.18. The average Bonchev–Trinajstić information content (AvgIpc) is 3.05. The molecule has 1 fully saturated rings. The molecule has 0 spiro atoms. The number of thiophene rings is 1. The summed E-state index contributed by atoms with van der Waals surface area (Å²) in [7, 11) is 0. The second kappa shape index (κ2) is 9.03. The van der Waals surface area contributed by atoms with E-state index in [0.29, 0.717) is 6.54 Å². The molecule has 2 aromatic heterocycles. The van der Waals surface area contributed by atoms with E-state index in [1.807, 2.05) is 6.07 Å². The molecule has 3 heterocycles. The fraction of sp³-hybridized carbons (Fsp3) is 0.391. The minimum absolute atomic E-state index is 0.0101. The molecule has 4 rings (SSSR count). The van der Waals surface area contributed by atoms with Crippen LogP contribution in [0.4, 0.5) is 0 Å². The van der Waals surface area contributed by atoms with Gasteiger partial charge in [0.05, 0.1) is 11.9 Å². The lowest BCUT2D eigenvalue weighted by Crippen LogP contribution is -2.46. The summed E-state index contributed by atoms with van der Waals surface area (Å²) in [6.45, 7) is 9.89. The molecule has 0 bridgehead atoms. The summed E-state index contributed by atoms with van der Waals surface area (Å²) in [5.74, 6) is 0.781. The molecule has 1 saturated heterocycles. The molecular formula is C23H28N4OS. The number of fused-ring (bicyclic) bond motifs is 1. The Kier molecular flexibility index (Phi) is 6.23. The van der Waals surface area contributed by atoms with Crippen molar-refractivity contribution in [2.45, 2.75) is 26.8 Å². The smallest absolute Gasteiger partial charge is 0.259 e. The van der Waals surface area contributed by atoms with Crippen LogP contribution in [-0.4, -0.2) is 52.5 Å². The van der Waals surface area contributed by atoms with Crippen molar-refractivity contribution in [2.75, 3.05) is 32.7 Å². The molecule has 5 nitrogen and oxygen atoms in total. The van der Waals surface area contributed by atoms with E-state index in [4.69, 9.17) is 4.98 Å². The molecule has 152 valence electrons. The lowest BCUT2D eigenvalue weighted by molar-refractivity contribution is 0.134. The first kappa shape index (κ1) is 20.0. The van der Waals surface area contributed by atoms with Crippen molar-refractivity contribution in [1.82, 2.24) is 19.8 Å². The normalized spacial score (nSPS) is 16.2. The van der Waals surface area contributed by atoms with Gasteiger partial charge in [0.15, 0.2) is 0 Å². The summed E-state index contributed by atoms with van der Waals surface area (Å²) in [5.41, 5.74) is 2.39. The standard InChI is InChI=1S/C23H28N4OS/c1-3-19-17(2)29-23-21(19)22(28)24-20(25-23)16-27-14-12-26(13-15-27)11-7-10-18-8-5-4-6-9-18/h4-10H,3,11-16H2,1-2H3,(H,24,25,28)/b10-7+. The Morgan fingerprint density at radius 1 is 1.14 bits per heavy atom. The summed E-state index contributed by atoms with van der Waals surface area (Å²) in [6.07, 6.45) is 5.29. The van der Waals surface area contributed by atoms with Crippen molar-refractivity contribution >= 4 is 27.6 Å². The van der Waals surface area contributed by atoms with Gasteiger partial charge in [0.25, 0.3) is 5.56 Å². The van der Waals surface area contributed by atoms with Gasteiger partial charge in [0.2, 0.25) is 0 Å². The average molecular weight is 409 g/mol. The first-order chi connectivity index (χ1) is 14.1. The molecule has 1 N–H and O–H groups in total. The van der Waals surface area contributed by atoms with Crippen LogP contribution in [0.5, 0.6) is 0 Å². The number of rotatable bonds is 6. The lowest BCUT2D eigenvalue weighted by atomic mass is 10.1. The highest BCUT2D eigenvalue weighted by atomic mass is 32.1. The van der Waals surface area contributed by atoms with Crippen LogP contribution < -0.4 is 5.56 Å². The lowest BCUT2D eigenvalue weighted by Gasteiger charge is -2.33. The van der Waals surface area contributed by atoms with E-state index in [0.717, 1.165) is 60.7 Å². The number of aromatic amines is 1. The first-order valence-corrected chi connectivity index (χ1v) is 11.1. The highest BCUT2D eigenvalue weighted by Crippen LogP contribution is 2.27. The van der Waals surface area contributed by atoms with Crippen LogP contribution in [0.2, 0.25) is 0 Å².